The first-order chi connectivity index (χ1) is 8.15. The van der Waals surface area contributed by atoms with Gasteiger partial charge in [0.15, 0.2) is 0 Å². The van der Waals surface area contributed by atoms with Gasteiger partial charge in [-0.25, -0.2) is 0 Å². The molecule has 1 aromatic rings. The average Bonchev–Trinajstić information content (AvgIpc) is 2.34. The SMILES string of the molecule is CSCC[C@@H](N)C(=O)NCc1ccncc1C. The van der Waals surface area contributed by atoms with Crippen LogP contribution < -0.4 is 11.1 Å². The highest BCUT2D eigenvalue weighted by molar-refractivity contribution is 7.98. The number of amides is 1. The number of carbonyl (C=O) groups is 1. The minimum Gasteiger partial charge on any atom is -0.351 e. The van der Waals surface area contributed by atoms with Crippen molar-refractivity contribution in [2.45, 2.75) is 25.9 Å². The van der Waals surface area contributed by atoms with Gasteiger partial charge in [-0.05, 0) is 42.5 Å². The molecule has 5 heteroatoms. The minimum absolute atomic E-state index is 0.0877. The number of hydrogen-bond donors (Lipinski definition) is 2. The molecule has 0 saturated heterocycles. The molecule has 0 saturated carbocycles. The molecule has 94 valence electrons. The summed E-state index contributed by atoms with van der Waals surface area (Å²) in [6, 6.07) is 1.49. The Bertz CT molecular complexity index is 371. The van der Waals surface area contributed by atoms with Crippen LogP contribution in [0.25, 0.3) is 0 Å². The van der Waals surface area contributed by atoms with Crippen molar-refractivity contribution in [3.63, 3.8) is 0 Å². The standard InChI is InChI=1S/C12H19N3OS/c1-9-7-14-5-3-10(9)8-15-12(16)11(13)4-6-17-2/h3,5,7,11H,4,6,8,13H2,1-2H3,(H,15,16)/t11-/m1/s1. The highest BCUT2D eigenvalue weighted by atomic mass is 32.2. The van der Waals surface area contributed by atoms with Gasteiger partial charge in [0.25, 0.3) is 0 Å². The quantitative estimate of drug-likeness (QED) is 0.796. The van der Waals surface area contributed by atoms with Crippen molar-refractivity contribution in [1.29, 1.82) is 0 Å². The van der Waals surface area contributed by atoms with Crippen LogP contribution in [0.15, 0.2) is 18.5 Å². The molecule has 1 rings (SSSR count). The van der Waals surface area contributed by atoms with Crippen molar-refractivity contribution < 1.29 is 4.79 Å². The zero-order chi connectivity index (χ0) is 12.7. The van der Waals surface area contributed by atoms with Crippen molar-refractivity contribution in [2.24, 2.45) is 5.73 Å². The van der Waals surface area contributed by atoms with Gasteiger partial charge in [-0.15, -0.1) is 0 Å². The fourth-order valence-electron chi connectivity index (χ4n) is 1.39. The van der Waals surface area contributed by atoms with Gasteiger partial charge >= 0.3 is 0 Å². The number of pyridine rings is 1. The third-order valence-electron chi connectivity index (χ3n) is 2.56. The van der Waals surface area contributed by atoms with E-state index >= 15 is 0 Å². The zero-order valence-electron chi connectivity index (χ0n) is 10.3. The lowest BCUT2D eigenvalue weighted by molar-refractivity contribution is -0.122. The Morgan fingerprint density at radius 3 is 3.06 bits per heavy atom. The predicted octanol–water partition coefficient (Wildman–Crippen LogP) is 1.09. The molecule has 3 N–H and O–H groups in total. The first kappa shape index (κ1) is 14.0. The van der Waals surface area contributed by atoms with E-state index in [1.165, 1.54) is 0 Å². The summed E-state index contributed by atoms with van der Waals surface area (Å²) in [5.74, 6) is 0.818. The highest BCUT2D eigenvalue weighted by Crippen LogP contribution is 2.04. The molecule has 0 aliphatic heterocycles. The van der Waals surface area contributed by atoms with E-state index in [9.17, 15) is 4.79 Å². The maximum Gasteiger partial charge on any atom is 0.237 e. The maximum absolute atomic E-state index is 11.7. The number of aryl methyl sites for hydroxylation is 1. The van der Waals surface area contributed by atoms with Crippen molar-refractivity contribution in [2.75, 3.05) is 12.0 Å². The van der Waals surface area contributed by atoms with Crippen LogP contribution in [0.5, 0.6) is 0 Å². The van der Waals surface area contributed by atoms with E-state index in [4.69, 9.17) is 5.73 Å². The fourth-order valence-corrected chi connectivity index (χ4v) is 1.88. The van der Waals surface area contributed by atoms with E-state index in [1.54, 1.807) is 24.2 Å². The number of hydrogen-bond acceptors (Lipinski definition) is 4. The second-order valence-corrected chi connectivity index (χ2v) is 4.89. The zero-order valence-corrected chi connectivity index (χ0v) is 11.1. The molecule has 0 radical (unpaired) electrons. The summed E-state index contributed by atoms with van der Waals surface area (Å²) in [5.41, 5.74) is 7.92. The molecule has 1 atom stereocenters. The summed E-state index contributed by atoms with van der Waals surface area (Å²) in [4.78, 5) is 15.7. The molecule has 0 aliphatic carbocycles. The molecule has 0 aromatic carbocycles. The van der Waals surface area contributed by atoms with Gasteiger partial charge in [0.2, 0.25) is 5.91 Å². The molecule has 17 heavy (non-hydrogen) atoms. The Kier molecular flexibility index (Phi) is 6.00. The molecule has 0 fully saturated rings. The Labute approximate surface area is 106 Å². The van der Waals surface area contributed by atoms with Gasteiger partial charge in [-0.1, -0.05) is 0 Å². The van der Waals surface area contributed by atoms with Gasteiger partial charge < -0.3 is 11.1 Å². The maximum atomic E-state index is 11.7. The molecular weight excluding hydrogens is 234 g/mol. The van der Waals surface area contributed by atoms with Gasteiger partial charge in [-0.2, -0.15) is 11.8 Å². The lowest BCUT2D eigenvalue weighted by Gasteiger charge is -2.12. The van der Waals surface area contributed by atoms with Crippen molar-refractivity contribution >= 4 is 17.7 Å². The van der Waals surface area contributed by atoms with E-state index in [0.717, 1.165) is 16.9 Å². The molecule has 0 unspecified atom stereocenters. The summed E-state index contributed by atoms with van der Waals surface area (Å²) in [6.07, 6.45) is 6.23. The Hall–Kier alpha value is -1.07. The number of carbonyl (C=O) groups excluding carboxylic acids is 1. The molecule has 4 nitrogen and oxygen atoms in total. The monoisotopic (exact) mass is 253 g/mol. The molecule has 1 heterocycles. The van der Waals surface area contributed by atoms with Gasteiger partial charge in [0.05, 0.1) is 6.04 Å². The van der Waals surface area contributed by atoms with Crippen LogP contribution >= 0.6 is 11.8 Å². The van der Waals surface area contributed by atoms with Crippen molar-refractivity contribution in [3.8, 4) is 0 Å². The number of thioether (sulfide) groups is 1. The van der Waals surface area contributed by atoms with E-state index in [0.29, 0.717) is 13.0 Å². The van der Waals surface area contributed by atoms with Gasteiger partial charge in [-0.3, -0.25) is 9.78 Å². The summed E-state index contributed by atoms with van der Waals surface area (Å²) < 4.78 is 0. The Balaban J connectivity index is 2.40. The third kappa shape index (κ3) is 4.75. The van der Waals surface area contributed by atoms with E-state index in [2.05, 4.69) is 10.3 Å². The van der Waals surface area contributed by atoms with Crippen LogP contribution in [0.1, 0.15) is 17.5 Å². The topological polar surface area (TPSA) is 68.0 Å². The fraction of sp³-hybridized carbons (Fsp3) is 0.500. The lowest BCUT2D eigenvalue weighted by Crippen LogP contribution is -2.40. The van der Waals surface area contributed by atoms with Crippen LogP contribution in [0.2, 0.25) is 0 Å². The average molecular weight is 253 g/mol. The Morgan fingerprint density at radius 1 is 1.65 bits per heavy atom. The van der Waals surface area contributed by atoms with Crippen LogP contribution in [0.3, 0.4) is 0 Å². The molecule has 0 bridgehead atoms. The molecule has 0 aliphatic rings. The normalized spacial score (nSPS) is 12.2. The number of nitrogens with two attached hydrogens (primary N) is 1. The second-order valence-electron chi connectivity index (χ2n) is 3.91. The minimum atomic E-state index is -0.412. The second kappa shape index (κ2) is 7.29. The summed E-state index contributed by atoms with van der Waals surface area (Å²) in [7, 11) is 0. The largest absolute Gasteiger partial charge is 0.351 e. The van der Waals surface area contributed by atoms with Crippen LogP contribution in [0.4, 0.5) is 0 Å². The number of aromatic nitrogens is 1. The molecule has 1 amide bonds. The lowest BCUT2D eigenvalue weighted by atomic mass is 10.1. The van der Waals surface area contributed by atoms with Crippen LogP contribution in [0, 0.1) is 6.92 Å². The first-order valence-corrected chi connectivity index (χ1v) is 6.96. The first-order valence-electron chi connectivity index (χ1n) is 5.57. The number of nitrogens with zero attached hydrogens (tertiary/aromatic N) is 1. The third-order valence-corrected chi connectivity index (χ3v) is 3.20. The smallest absolute Gasteiger partial charge is 0.237 e. The predicted molar refractivity (Wildman–Crippen MR) is 71.8 cm³/mol. The molecule has 1 aromatic heterocycles. The van der Waals surface area contributed by atoms with E-state index in [1.807, 2.05) is 19.2 Å². The van der Waals surface area contributed by atoms with Crippen LogP contribution in [-0.2, 0) is 11.3 Å². The summed E-state index contributed by atoms with van der Waals surface area (Å²) in [6.45, 7) is 2.49. The summed E-state index contributed by atoms with van der Waals surface area (Å²) >= 11 is 1.70. The van der Waals surface area contributed by atoms with E-state index in [-0.39, 0.29) is 5.91 Å². The Morgan fingerprint density at radius 2 is 2.41 bits per heavy atom. The number of nitrogens with one attached hydrogen (secondary N) is 1. The van der Waals surface area contributed by atoms with Gasteiger partial charge in [0, 0.05) is 18.9 Å². The summed E-state index contributed by atoms with van der Waals surface area (Å²) in [5, 5.41) is 2.85. The number of rotatable bonds is 6. The van der Waals surface area contributed by atoms with Crippen molar-refractivity contribution in [3.05, 3.63) is 29.6 Å². The highest BCUT2D eigenvalue weighted by Gasteiger charge is 2.12. The van der Waals surface area contributed by atoms with Crippen LogP contribution in [-0.4, -0.2) is 28.9 Å². The van der Waals surface area contributed by atoms with E-state index < -0.39 is 6.04 Å². The van der Waals surface area contributed by atoms with Crippen molar-refractivity contribution in [1.82, 2.24) is 10.3 Å². The molecular formula is C12H19N3OS. The van der Waals surface area contributed by atoms with Gasteiger partial charge in [0.1, 0.15) is 0 Å². The molecule has 0 spiro atoms.